The Hall–Kier alpha value is -1.71. The highest BCUT2D eigenvalue weighted by molar-refractivity contribution is 7.98. The maximum absolute atomic E-state index is 6.09. The summed E-state index contributed by atoms with van der Waals surface area (Å²) in [6.07, 6.45) is 0. The van der Waals surface area contributed by atoms with Crippen LogP contribution in [0.25, 0.3) is 10.8 Å². The van der Waals surface area contributed by atoms with Gasteiger partial charge in [-0.2, -0.15) is 0 Å². The number of hydrogen-bond acceptors (Lipinski definition) is 3. The number of hydrogen-bond donors (Lipinski definition) is 1. The Morgan fingerprint density at radius 2 is 1.90 bits per heavy atom. The highest BCUT2D eigenvalue weighted by Gasteiger charge is 2.06. The minimum atomic E-state index is 0.745. The Bertz CT molecular complexity index is 759. The third kappa shape index (κ3) is 3.31. The van der Waals surface area contributed by atoms with E-state index in [9.17, 15) is 0 Å². The van der Waals surface area contributed by atoms with Crippen molar-refractivity contribution < 1.29 is 0 Å². The number of halogens is 1. The summed E-state index contributed by atoms with van der Waals surface area (Å²) in [5, 5.41) is 7.10. The fraction of sp³-hybridized carbons (Fsp3) is 0.118. The van der Waals surface area contributed by atoms with Crippen molar-refractivity contribution in [2.75, 3.05) is 12.4 Å². The average molecular weight is 315 g/mol. The molecule has 0 fully saturated rings. The van der Waals surface area contributed by atoms with Crippen LogP contribution in [0.2, 0.25) is 5.02 Å². The first kappa shape index (κ1) is 14.2. The van der Waals surface area contributed by atoms with Gasteiger partial charge < -0.3 is 5.32 Å². The molecule has 21 heavy (non-hydrogen) atoms. The molecule has 0 radical (unpaired) electrons. The maximum Gasteiger partial charge on any atom is 0.134 e. The zero-order valence-corrected chi connectivity index (χ0v) is 13.2. The van der Waals surface area contributed by atoms with E-state index in [0.29, 0.717) is 0 Å². The van der Waals surface area contributed by atoms with Crippen molar-refractivity contribution in [2.24, 2.45) is 0 Å². The zero-order chi connectivity index (χ0) is 14.7. The molecular weight excluding hydrogens is 300 g/mol. The van der Waals surface area contributed by atoms with Gasteiger partial charge in [-0.05, 0) is 35.2 Å². The van der Waals surface area contributed by atoms with Crippen molar-refractivity contribution in [3.05, 3.63) is 65.2 Å². The van der Waals surface area contributed by atoms with Crippen LogP contribution in [0.5, 0.6) is 0 Å². The molecule has 1 N–H and O–H groups in total. The average Bonchev–Trinajstić information content (AvgIpc) is 2.52. The van der Waals surface area contributed by atoms with Crippen molar-refractivity contribution in [1.82, 2.24) is 4.98 Å². The molecule has 0 aliphatic rings. The lowest BCUT2D eigenvalue weighted by Crippen LogP contribution is -1.95. The molecule has 0 saturated heterocycles. The summed E-state index contributed by atoms with van der Waals surface area (Å²) in [7, 11) is 1.89. The van der Waals surface area contributed by atoms with E-state index >= 15 is 0 Å². The van der Waals surface area contributed by atoms with Gasteiger partial charge in [-0.3, -0.25) is 0 Å². The van der Waals surface area contributed by atoms with E-state index in [4.69, 9.17) is 11.6 Å². The number of thioether (sulfide) groups is 1. The first-order valence-electron chi connectivity index (χ1n) is 6.71. The van der Waals surface area contributed by atoms with Crippen LogP contribution in [0.1, 0.15) is 5.56 Å². The first-order valence-corrected chi connectivity index (χ1v) is 8.07. The van der Waals surface area contributed by atoms with Crippen LogP contribution in [-0.2, 0) is 5.75 Å². The van der Waals surface area contributed by atoms with Crippen LogP contribution >= 0.6 is 23.4 Å². The van der Waals surface area contributed by atoms with Crippen LogP contribution < -0.4 is 5.32 Å². The number of anilines is 1. The number of nitrogens with zero attached hydrogens (tertiary/aromatic N) is 1. The topological polar surface area (TPSA) is 24.9 Å². The summed E-state index contributed by atoms with van der Waals surface area (Å²) in [4.78, 5) is 4.67. The molecule has 1 aromatic heterocycles. The van der Waals surface area contributed by atoms with Crippen LogP contribution in [0.3, 0.4) is 0 Å². The molecule has 2 aromatic carbocycles. The van der Waals surface area contributed by atoms with Gasteiger partial charge >= 0.3 is 0 Å². The molecule has 0 aliphatic heterocycles. The molecule has 0 unspecified atom stereocenters. The molecule has 0 aliphatic carbocycles. The second-order valence-corrected chi connectivity index (χ2v) is 6.13. The summed E-state index contributed by atoms with van der Waals surface area (Å²) in [5.74, 6) is 1.79. The summed E-state index contributed by atoms with van der Waals surface area (Å²) in [6.45, 7) is 0. The Morgan fingerprint density at radius 1 is 1.10 bits per heavy atom. The fourth-order valence-electron chi connectivity index (χ4n) is 2.20. The van der Waals surface area contributed by atoms with E-state index < -0.39 is 0 Å². The van der Waals surface area contributed by atoms with Crippen LogP contribution in [0.15, 0.2) is 59.6 Å². The molecule has 0 spiro atoms. The minimum Gasteiger partial charge on any atom is -0.373 e. The largest absolute Gasteiger partial charge is 0.373 e. The molecular formula is C17H15ClN2S. The molecule has 0 atom stereocenters. The van der Waals surface area contributed by atoms with E-state index in [1.807, 2.05) is 31.3 Å². The second kappa shape index (κ2) is 6.37. The van der Waals surface area contributed by atoms with Gasteiger partial charge in [-0.15, -0.1) is 11.8 Å². The van der Waals surface area contributed by atoms with Gasteiger partial charge in [0.05, 0.1) is 5.03 Å². The molecule has 4 heteroatoms. The highest BCUT2D eigenvalue weighted by Crippen LogP contribution is 2.30. The molecule has 0 saturated carbocycles. The van der Waals surface area contributed by atoms with E-state index in [0.717, 1.165) is 32.4 Å². The van der Waals surface area contributed by atoms with Gasteiger partial charge in [-0.1, -0.05) is 41.9 Å². The van der Waals surface area contributed by atoms with E-state index in [1.54, 1.807) is 11.8 Å². The van der Waals surface area contributed by atoms with Gasteiger partial charge in [0.2, 0.25) is 0 Å². The number of fused-ring (bicyclic) bond motifs is 1. The lowest BCUT2D eigenvalue weighted by molar-refractivity contribution is 1.15. The number of benzene rings is 2. The standard InChI is InChI=1S/C17H15ClN2S/c1-19-17-15-8-7-14(18)9-13(15)10-16(20-17)21-11-12-5-3-2-4-6-12/h2-10H,11H2,1H3,(H,19,20). The van der Waals surface area contributed by atoms with Crippen LogP contribution in [-0.4, -0.2) is 12.0 Å². The Morgan fingerprint density at radius 3 is 2.67 bits per heavy atom. The smallest absolute Gasteiger partial charge is 0.134 e. The number of pyridine rings is 1. The van der Waals surface area contributed by atoms with Crippen molar-refractivity contribution in [3.8, 4) is 0 Å². The molecule has 3 rings (SSSR count). The Balaban J connectivity index is 1.91. The van der Waals surface area contributed by atoms with Gasteiger partial charge in [0, 0.05) is 23.2 Å². The molecule has 3 aromatic rings. The van der Waals surface area contributed by atoms with Gasteiger partial charge in [0.25, 0.3) is 0 Å². The lowest BCUT2D eigenvalue weighted by atomic mass is 10.1. The SMILES string of the molecule is CNc1nc(SCc2ccccc2)cc2cc(Cl)ccc12. The van der Waals surface area contributed by atoms with Gasteiger partial charge in [0.15, 0.2) is 0 Å². The zero-order valence-electron chi connectivity index (χ0n) is 11.6. The third-order valence-electron chi connectivity index (χ3n) is 3.24. The van der Waals surface area contributed by atoms with Gasteiger partial charge in [-0.25, -0.2) is 4.98 Å². The monoisotopic (exact) mass is 314 g/mol. The van der Waals surface area contributed by atoms with E-state index in [1.165, 1.54) is 5.56 Å². The summed E-state index contributed by atoms with van der Waals surface area (Å²) in [5.41, 5.74) is 1.29. The highest BCUT2D eigenvalue weighted by atomic mass is 35.5. The summed E-state index contributed by atoms with van der Waals surface area (Å²) in [6, 6.07) is 18.4. The van der Waals surface area contributed by atoms with Crippen LogP contribution in [0, 0.1) is 0 Å². The van der Waals surface area contributed by atoms with Crippen molar-refractivity contribution in [1.29, 1.82) is 0 Å². The first-order chi connectivity index (χ1) is 10.3. The van der Waals surface area contributed by atoms with Gasteiger partial charge in [0.1, 0.15) is 5.82 Å². The third-order valence-corrected chi connectivity index (χ3v) is 4.45. The predicted molar refractivity (Wildman–Crippen MR) is 92.3 cm³/mol. The molecule has 2 nitrogen and oxygen atoms in total. The maximum atomic E-state index is 6.09. The molecule has 0 amide bonds. The predicted octanol–water partition coefficient (Wildman–Crippen LogP) is 5.22. The Labute approximate surface area is 133 Å². The lowest BCUT2D eigenvalue weighted by Gasteiger charge is -2.09. The van der Waals surface area contributed by atoms with Crippen molar-refractivity contribution in [3.63, 3.8) is 0 Å². The summed E-state index contributed by atoms with van der Waals surface area (Å²) < 4.78 is 0. The number of aromatic nitrogens is 1. The molecule has 1 heterocycles. The quantitative estimate of drug-likeness (QED) is 0.668. The van der Waals surface area contributed by atoms with E-state index in [2.05, 4.69) is 40.6 Å². The number of nitrogens with one attached hydrogen (secondary N) is 1. The normalized spacial score (nSPS) is 10.8. The number of rotatable bonds is 4. The summed E-state index contributed by atoms with van der Waals surface area (Å²) >= 11 is 7.82. The molecule has 0 bridgehead atoms. The Kier molecular flexibility index (Phi) is 4.32. The van der Waals surface area contributed by atoms with Crippen molar-refractivity contribution >= 4 is 40.0 Å². The van der Waals surface area contributed by atoms with Crippen molar-refractivity contribution in [2.45, 2.75) is 10.8 Å². The fourth-order valence-corrected chi connectivity index (χ4v) is 3.25. The van der Waals surface area contributed by atoms with Crippen LogP contribution in [0.4, 0.5) is 5.82 Å². The van der Waals surface area contributed by atoms with E-state index in [-0.39, 0.29) is 0 Å². The minimum absolute atomic E-state index is 0.745. The second-order valence-electron chi connectivity index (χ2n) is 4.70. The molecule has 106 valence electrons.